The molecule has 0 unspecified atom stereocenters. The summed E-state index contributed by atoms with van der Waals surface area (Å²) in [6.07, 6.45) is 2.16. The Morgan fingerprint density at radius 1 is 1.11 bits per heavy atom. The fourth-order valence-corrected chi connectivity index (χ4v) is 1.09. The Hall–Kier alpha value is -2.50. The maximum atomic E-state index is 11.3. The van der Waals surface area contributed by atoms with Crippen molar-refractivity contribution in [3.8, 4) is 5.75 Å². The predicted octanol–water partition coefficient (Wildman–Crippen LogP) is 1.10. The molecule has 0 saturated carbocycles. The van der Waals surface area contributed by atoms with E-state index in [1.54, 1.807) is 37.5 Å². The van der Waals surface area contributed by atoms with Gasteiger partial charge in [-0.15, -0.1) is 0 Å². The number of methoxy groups -OCH3 is 2. The van der Waals surface area contributed by atoms with Crippen LogP contribution in [0.1, 0.15) is 5.56 Å². The molecule has 1 rings (SSSR count). The molecule has 96 valence electrons. The number of rotatable bonds is 3. The highest BCUT2D eigenvalue weighted by atomic mass is 16.5. The zero-order valence-corrected chi connectivity index (χ0v) is 10.1. The summed E-state index contributed by atoms with van der Waals surface area (Å²) in [5.74, 6) is 0.278. The molecule has 2 amide bonds. The molecular weight excluding hydrogens is 236 g/mol. The summed E-state index contributed by atoms with van der Waals surface area (Å²) in [6.45, 7) is 0. The van der Waals surface area contributed by atoms with Gasteiger partial charge < -0.3 is 9.47 Å². The largest absolute Gasteiger partial charge is 0.497 e. The highest BCUT2D eigenvalue weighted by Gasteiger charge is 1.99. The fraction of sp³-hybridized carbons (Fsp3) is 0.167. The summed E-state index contributed by atoms with van der Waals surface area (Å²) in [4.78, 5) is 21.9. The lowest BCUT2D eigenvalue weighted by Gasteiger charge is -2.02. The monoisotopic (exact) mass is 250 g/mol. The molecule has 0 aliphatic rings. The summed E-state index contributed by atoms with van der Waals surface area (Å²) in [5.41, 5.74) is 5.04. The van der Waals surface area contributed by atoms with Crippen LogP contribution in [0.25, 0.3) is 6.08 Å². The van der Waals surface area contributed by atoms with Gasteiger partial charge in [0.1, 0.15) is 5.75 Å². The Balaban J connectivity index is 2.47. The third-order valence-corrected chi connectivity index (χ3v) is 2.02. The number of benzene rings is 1. The van der Waals surface area contributed by atoms with Gasteiger partial charge in [0, 0.05) is 6.08 Å². The number of nitrogens with one attached hydrogen (secondary N) is 2. The Bertz CT molecular complexity index is 440. The molecule has 0 spiro atoms. The first-order valence-corrected chi connectivity index (χ1v) is 5.12. The minimum absolute atomic E-state index is 0.462. The van der Waals surface area contributed by atoms with Crippen LogP contribution in [0.3, 0.4) is 0 Å². The maximum absolute atomic E-state index is 11.3. The zero-order valence-electron chi connectivity index (χ0n) is 10.1. The SMILES string of the molecule is COC(=O)NNC(=O)/C=C/c1ccc(OC)cc1. The summed E-state index contributed by atoms with van der Waals surface area (Å²) in [5, 5.41) is 0. The van der Waals surface area contributed by atoms with Gasteiger partial charge in [0.25, 0.3) is 5.91 Å². The molecule has 0 aliphatic heterocycles. The number of hydrogen-bond donors (Lipinski definition) is 2. The van der Waals surface area contributed by atoms with Gasteiger partial charge in [-0.25, -0.2) is 10.2 Å². The van der Waals surface area contributed by atoms with Crippen molar-refractivity contribution in [2.75, 3.05) is 14.2 Å². The van der Waals surface area contributed by atoms with Gasteiger partial charge >= 0.3 is 6.09 Å². The molecular formula is C12H14N2O4. The molecule has 2 N–H and O–H groups in total. The van der Waals surface area contributed by atoms with E-state index in [9.17, 15) is 9.59 Å². The molecule has 0 aromatic heterocycles. The van der Waals surface area contributed by atoms with E-state index in [4.69, 9.17) is 4.74 Å². The Morgan fingerprint density at radius 2 is 1.78 bits per heavy atom. The van der Waals surface area contributed by atoms with Crippen molar-refractivity contribution in [1.29, 1.82) is 0 Å². The van der Waals surface area contributed by atoms with Gasteiger partial charge in [-0.1, -0.05) is 12.1 Å². The van der Waals surface area contributed by atoms with Crippen molar-refractivity contribution >= 4 is 18.1 Å². The minimum atomic E-state index is -0.735. The minimum Gasteiger partial charge on any atom is -0.497 e. The van der Waals surface area contributed by atoms with Crippen molar-refractivity contribution in [2.24, 2.45) is 0 Å². The number of hydrazine groups is 1. The van der Waals surface area contributed by atoms with Crippen molar-refractivity contribution in [3.05, 3.63) is 35.9 Å². The van der Waals surface area contributed by atoms with Crippen molar-refractivity contribution in [3.63, 3.8) is 0 Å². The number of ether oxygens (including phenoxy) is 2. The molecule has 0 atom stereocenters. The standard InChI is InChI=1S/C12H14N2O4/c1-17-10-6-3-9(4-7-10)5-8-11(15)13-14-12(16)18-2/h3-8H,1-2H3,(H,13,15)(H,14,16)/b8-5+. The summed E-state index contributed by atoms with van der Waals surface area (Å²) in [7, 11) is 2.78. The molecule has 1 aromatic rings. The van der Waals surface area contributed by atoms with E-state index in [0.29, 0.717) is 0 Å². The number of hydrogen-bond acceptors (Lipinski definition) is 4. The quantitative estimate of drug-likeness (QED) is 0.622. The van der Waals surface area contributed by atoms with Crippen LogP contribution in [0.2, 0.25) is 0 Å². The fourth-order valence-electron chi connectivity index (χ4n) is 1.09. The van der Waals surface area contributed by atoms with Gasteiger partial charge in [0.05, 0.1) is 14.2 Å². The van der Waals surface area contributed by atoms with Crippen LogP contribution >= 0.6 is 0 Å². The lowest BCUT2D eigenvalue weighted by Crippen LogP contribution is -2.40. The van der Waals surface area contributed by atoms with E-state index >= 15 is 0 Å². The molecule has 0 fully saturated rings. The molecule has 0 radical (unpaired) electrons. The van der Waals surface area contributed by atoms with Crippen molar-refractivity contribution in [1.82, 2.24) is 10.9 Å². The first-order chi connectivity index (χ1) is 8.65. The van der Waals surface area contributed by atoms with Crippen LogP contribution in [-0.4, -0.2) is 26.2 Å². The topological polar surface area (TPSA) is 76.7 Å². The first-order valence-electron chi connectivity index (χ1n) is 5.12. The van der Waals surface area contributed by atoms with Crippen LogP contribution in [0.5, 0.6) is 5.75 Å². The number of carbonyl (C=O) groups excluding carboxylic acids is 2. The van der Waals surface area contributed by atoms with Gasteiger partial charge in [0.2, 0.25) is 0 Å². The lowest BCUT2D eigenvalue weighted by molar-refractivity contribution is -0.117. The van der Waals surface area contributed by atoms with Crippen LogP contribution < -0.4 is 15.6 Å². The van der Waals surface area contributed by atoms with E-state index in [-0.39, 0.29) is 0 Å². The predicted molar refractivity (Wildman–Crippen MR) is 65.7 cm³/mol. The summed E-state index contributed by atoms with van der Waals surface area (Å²) in [6, 6.07) is 7.17. The first kappa shape index (κ1) is 13.6. The Morgan fingerprint density at radius 3 is 2.33 bits per heavy atom. The second-order valence-electron chi connectivity index (χ2n) is 3.21. The molecule has 1 aromatic carbocycles. The van der Waals surface area contributed by atoms with E-state index in [0.717, 1.165) is 11.3 Å². The van der Waals surface area contributed by atoms with Gasteiger partial charge in [0.15, 0.2) is 0 Å². The third-order valence-electron chi connectivity index (χ3n) is 2.02. The molecule has 0 bridgehead atoms. The van der Waals surface area contributed by atoms with Gasteiger partial charge in [-0.2, -0.15) is 0 Å². The molecule has 0 aliphatic carbocycles. The molecule has 18 heavy (non-hydrogen) atoms. The van der Waals surface area contributed by atoms with Crippen molar-refractivity contribution in [2.45, 2.75) is 0 Å². The zero-order chi connectivity index (χ0) is 13.4. The second kappa shape index (κ2) is 6.95. The lowest BCUT2D eigenvalue weighted by atomic mass is 10.2. The van der Waals surface area contributed by atoms with Crippen LogP contribution in [0.4, 0.5) is 4.79 Å². The third kappa shape index (κ3) is 4.56. The average Bonchev–Trinajstić information content (AvgIpc) is 2.42. The van der Waals surface area contributed by atoms with E-state index in [1.165, 1.54) is 13.2 Å². The molecule has 6 heteroatoms. The van der Waals surface area contributed by atoms with Crippen LogP contribution in [0.15, 0.2) is 30.3 Å². The highest BCUT2D eigenvalue weighted by molar-refractivity contribution is 5.92. The molecule has 6 nitrogen and oxygen atoms in total. The van der Waals surface area contributed by atoms with Gasteiger partial charge in [-0.3, -0.25) is 10.2 Å². The normalized spacial score (nSPS) is 9.89. The van der Waals surface area contributed by atoms with E-state index < -0.39 is 12.0 Å². The maximum Gasteiger partial charge on any atom is 0.425 e. The van der Waals surface area contributed by atoms with Gasteiger partial charge in [-0.05, 0) is 23.8 Å². The average molecular weight is 250 g/mol. The van der Waals surface area contributed by atoms with E-state index in [2.05, 4.69) is 15.6 Å². The van der Waals surface area contributed by atoms with Crippen LogP contribution in [-0.2, 0) is 9.53 Å². The molecule has 0 heterocycles. The van der Waals surface area contributed by atoms with Crippen LogP contribution in [0, 0.1) is 0 Å². The highest BCUT2D eigenvalue weighted by Crippen LogP contribution is 2.11. The smallest absolute Gasteiger partial charge is 0.425 e. The van der Waals surface area contributed by atoms with E-state index in [1.807, 2.05) is 0 Å². The Labute approximate surface area is 105 Å². The number of amides is 2. The molecule has 0 saturated heterocycles. The van der Waals surface area contributed by atoms with Crippen molar-refractivity contribution < 1.29 is 19.1 Å². The summed E-state index contributed by atoms with van der Waals surface area (Å²) < 4.78 is 9.29. The summed E-state index contributed by atoms with van der Waals surface area (Å²) >= 11 is 0. The second-order valence-corrected chi connectivity index (χ2v) is 3.21. The number of carbonyl (C=O) groups is 2. The Kier molecular flexibility index (Phi) is 5.24.